The minimum Gasteiger partial charge on any atom is -0.393 e. The molecule has 0 unspecified atom stereocenters. The fourth-order valence-corrected chi connectivity index (χ4v) is 5.31. The maximum atomic E-state index is 10.6. The summed E-state index contributed by atoms with van der Waals surface area (Å²) in [6.07, 6.45) is 5.19. The van der Waals surface area contributed by atoms with Gasteiger partial charge in [0, 0.05) is 0 Å². The second-order valence-corrected chi connectivity index (χ2v) is 8.65. The average Bonchev–Trinajstić information content (AvgIpc) is 2.52. The van der Waals surface area contributed by atoms with E-state index in [1.54, 1.807) is 0 Å². The van der Waals surface area contributed by atoms with E-state index in [2.05, 4.69) is 27.4 Å². The van der Waals surface area contributed by atoms with E-state index in [9.17, 15) is 15.3 Å². The first-order chi connectivity index (χ1) is 11.2. The molecule has 2 rings (SSSR count). The molecule has 4 N–H and O–H groups in total. The van der Waals surface area contributed by atoms with Crippen molar-refractivity contribution in [2.24, 2.45) is 22.7 Å². The lowest BCUT2D eigenvalue weighted by molar-refractivity contribution is -0.0810. The largest absolute Gasteiger partial charge is 0.393 e. The molecule has 0 aromatic heterocycles. The Bertz CT molecular complexity index is 496. The zero-order valence-corrected chi connectivity index (χ0v) is 15.3. The standard InChI is InChI=1S/C20H34O4/c1-13-15(7-6-14(11-21)17(24)12-22)20(4)9-5-8-19(2,3)18(20)10-16(13)23/h6,15-18,21-24H,1,5,7-12H2,2-4H3/t15-,16-,17-,18-,20+/m0/s1. The van der Waals surface area contributed by atoms with Crippen LogP contribution in [0.4, 0.5) is 0 Å². The SMILES string of the molecule is C=C1[C@@H](O)C[C@H]2C(C)(C)CCC[C@]2(C)[C@H]1CC=C(CO)[C@@H](O)CO. The predicted molar refractivity (Wildman–Crippen MR) is 95.4 cm³/mol. The molecule has 24 heavy (non-hydrogen) atoms. The molecule has 0 aromatic rings. The summed E-state index contributed by atoms with van der Waals surface area (Å²) < 4.78 is 0. The van der Waals surface area contributed by atoms with Crippen LogP contribution in [0.2, 0.25) is 0 Å². The van der Waals surface area contributed by atoms with Crippen LogP contribution in [-0.4, -0.2) is 45.8 Å². The van der Waals surface area contributed by atoms with Crippen LogP contribution in [-0.2, 0) is 0 Å². The molecule has 0 radical (unpaired) electrons. The third-order valence-electron chi connectivity index (χ3n) is 6.81. The molecule has 4 nitrogen and oxygen atoms in total. The Morgan fingerprint density at radius 2 is 1.96 bits per heavy atom. The molecular formula is C20H34O4. The molecule has 2 saturated carbocycles. The summed E-state index contributed by atoms with van der Waals surface area (Å²) in [7, 11) is 0. The van der Waals surface area contributed by atoms with Crippen LogP contribution in [0.15, 0.2) is 23.8 Å². The van der Waals surface area contributed by atoms with Crippen molar-refractivity contribution >= 4 is 0 Å². The van der Waals surface area contributed by atoms with Crippen molar-refractivity contribution in [1.29, 1.82) is 0 Å². The van der Waals surface area contributed by atoms with E-state index in [1.165, 1.54) is 12.8 Å². The third-order valence-corrected chi connectivity index (χ3v) is 6.81. The second-order valence-electron chi connectivity index (χ2n) is 8.65. The van der Waals surface area contributed by atoms with Crippen LogP contribution in [0.1, 0.15) is 52.9 Å². The van der Waals surface area contributed by atoms with Gasteiger partial charge in [-0.3, -0.25) is 0 Å². The highest BCUT2D eigenvalue weighted by atomic mass is 16.3. The van der Waals surface area contributed by atoms with Gasteiger partial charge in [-0.05, 0) is 59.5 Å². The highest BCUT2D eigenvalue weighted by molar-refractivity contribution is 5.22. The zero-order chi connectivity index (χ0) is 18.1. The van der Waals surface area contributed by atoms with Gasteiger partial charge in [0.15, 0.2) is 0 Å². The van der Waals surface area contributed by atoms with E-state index < -0.39 is 18.8 Å². The Kier molecular flexibility index (Phi) is 5.96. The molecular weight excluding hydrogens is 304 g/mol. The van der Waals surface area contributed by atoms with E-state index in [-0.39, 0.29) is 23.4 Å². The second kappa shape index (κ2) is 7.28. The van der Waals surface area contributed by atoms with Gasteiger partial charge in [-0.2, -0.15) is 0 Å². The lowest BCUT2D eigenvalue weighted by Gasteiger charge is -2.59. The van der Waals surface area contributed by atoms with Gasteiger partial charge in [0.25, 0.3) is 0 Å². The molecule has 0 bridgehead atoms. The fraction of sp³-hybridized carbons (Fsp3) is 0.800. The molecule has 0 aliphatic heterocycles. The van der Waals surface area contributed by atoms with Crippen LogP contribution in [0.25, 0.3) is 0 Å². The zero-order valence-electron chi connectivity index (χ0n) is 15.3. The van der Waals surface area contributed by atoms with Gasteiger partial charge in [-0.15, -0.1) is 0 Å². The van der Waals surface area contributed by atoms with Crippen molar-refractivity contribution < 1.29 is 20.4 Å². The van der Waals surface area contributed by atoms with Crippen LogP contribution in [0, 0.1) is 22.7 Å². The third kappa shape index (κ3) is 3.48. The Morgan fingerprint density at radius 1 is 1.29 bits per heavy atom. The first-order valence-corrected chi connectivity index (χ1v) is 9.13. The van der Waals surface area contributed by atoms with Crippen LogP contribution < -0.4 is 0 Å². The van der Waals surface area contributed by atoms with Crippen molar-refractivity contribution in [2.75, 3.05) is 13.2 Å². The number of hydrogen-bond donors (Lipinski definition) is 4. The number of rotatable bonds is 5. The van der Waals surface area contributed by atoms with E-state index >= 15 is 0 Å². The molecule has 0 saturated heterocycles. The molecule has 2 aliphatic rings. The van der Waals surface area contributed by atoms with Gasteiger partial charge in [0.2, 0.25) is 0 Å². The first kappa shape index (κ1) is 19.6. The minimum absolute atomic E-state index is 0.0687. The predicted octanol–water partition coefficient (Wildman–Crippen LogP) is 2.42. The number of allylic oxidation sites excluding steroid dienone is 1. The van der Waals surface area contributed by atoms with Gasteiger partial charge in [0.1, 0.15) is 6.10 Å². The normalized spacial score (nSPS) is 37.9. The smallest absolute Gasteiger partial charge is 0.100 e. The number of aliphatic hydroxyl groups is 4. The van der Waals surface area contributed by atoms with Gasteiger partial charge in [-0.25, -0.2) is 0 Å². The highest BCUT2D eigenvalue weighted by Gasteiger charge is 2.54. The Hall–Kier alpha value is -0.680. The summed E-state index contributed by atoms with van der Waals surface area (Å²) in [6, 6.07) is 0. The van der Waals surface area contributed by atoms with Crippen molar-refractivity contribution in [2.45, 2.75) is 65.1 Å². The number of fused-ring (bicyclic) bond motifs is 1. The molecule has 0 heterocycles. The topological polar surface area (TPSA) is 80.9 Å². The molecule has 5 atom stereocenters. The van der Waals surface area contributed by atoms with Crippen molar-refractivity contribution in [3.63, 3.8) is 0 Å². The molecule has 0 aromatic carbocycles. The van der Waals surface area contributed by atoms with E-state index in [4.69, 9.17) is 5.11 Å². The van der Waals surface area contributed by atoms with Crippen LogP contribution >= 0.6 is 0 Å². The summed E-state index contributed by atoms with van der Waals surface area (Å²) in [5, 5.41) is 38.9. The fourth-order valence-electron chi connectivity index (χ4n) is 5.31. The average molecular weight is 338 g/mol. The number of hydrogen-bond acceptors (Lipinski definition) is 4. The monoisotopic (exact) mass is 338 g/mol. The van der Waals surface area contributed by atoms with Crippen LogP contribution in [0.5, 0.6) is 0 Å². The molecule has 2 aliphatic carbocycles. The molecule has 138 valence electrons. The van der Waals surface area contributed by atoms with Gasteiger partial charge >= 0.3 is 0 Å². The molecule has 4 heteroatoms. The quantitative estimate of drug-likeness (QED) is 0.580. The van der Waals surface area contributed by atoms with E-state index in [0.29, 0.717) is 17.9 Å². The van der Waals surface area contributed by atoms with Crippen molar-refractivity contribution in [3.8, 4) is 0 Å². The van der Waals surface area contributed by atoms with Crippen molar-refractivity contribution in [1.82, 2.24) is 0 Å². The highest BCUT2D eigenvalue weighted by Crippen LogP contribution is 2.61. The Balaban J connectivity index is 2.31. The summed E-state index contributed by atoms with van der Waals surface area (Å²) in [5.41, 5.74) is 1.58. The van der Waals surface area contributed by atoms with Gasteiger partial charge in [0.05, 0.1) is 19.3 Å². The minimum atomic E-state index is -1.02. The molecule has 0 amide bonds. The Morgan fingerprint density at radius 3 is 2.54 bits per heavy atom. The molecule has 0 spiro atoms. The molecule has 2 fully saturated rings. The lowest BCUT2D eigenvalue weighted by atomic mass is 9.46. The van der Waals surface area contributed by atoms with Crippen LogP contribution in [0.3, 0.4) is 0 Å². The van der Waals surface area contributed by atoms with Gasteiger partial charge in [-0.1, -0.05) is 39.8 Å². The summed E-state index contributed by atoms with van der Waals surface area (Å²) in [6.45, 7) is 10.4. The first-order valence-electron chi connectivity index (χ1n) is 9.13. The summed E-state index contributed by atoms with van der Waals surface area (Å²) in [5.74, 6) is 0.552. The maximum absolute atomic E-state index is 10.6. The Labute approximate surface area is 145 Å². The lowest BCUT2D eigenvalue weighted by Crippen LogP contribution is -2.52. The number of aliphatic hydroxyl groups excluding tert-OH is 4. The maximum Gasteiger partial charge on any atom is 0.100 e. The summed E-state index contributed by atoms with van der Waals surface area (Å²) in [4.78, 5) is 0. The summed E-state index contributed by atoms with van der Waals surface area (Å²) >= 11 is 0. The van der Waals surface area contributed by atoms with E-state index in [0.717, 1.165) is 18.4 Å². The van der Waals surface area contributed by atoms with Crippen molar-refractivity contribution in [3.05, 3.63) is 23.8 Å². The van der Waals surface area contributed by atoms with Gasteiger partial charge < -0.3 is 20.4 Å². The van der Waals surface area contributed by atoms with E-state index in [1.807, 2.05) is 6.08 Å².